The molecule has 0 aliphatic heterocycles. The maximum atomic E-state index is 13.0. The summed E-state index contributed by atoms with van der Waals surface area (Å²) in [5.74, 6) is -1.73. The molecule has 1 aromatic rings. The molecule has 0 aromatic heterocycles. The van der Waals surface area contributed by atoms with Gasteiger partial charge in [0.1, 0.15) is 11.6 Å². The first-order valence-corrected chi connectivity index (χ1v) is 4.76. The van der Waals surface area contributed by atoms with Crippen LogP contribution in [0.5, 0.6) is 0 Å². The molecule has 0 aliphatic carbocycles. The van der Waals surface area contributed by atoms with E-state index < -0.39 is 17.6 Å². The molecule has 1 rings (SSSR count). The minimum atomic E-state index is -0.668. The first-order chi connectivity index (χ1) is 6.63. The highest BCUT2D eigenvalue weighted by molar-refractivity contribution is 8.00. The van der Waals surface area contributed by atoms with Crippen LogP contribution in [0.1, 0.15) is 0 Å². The van der Waals surface area contributed by atoms with Crippen molar-refractivity contribution in [2.75, 3.05) is 12.9 Å². The molecule has 0 saturated heterocycles. The summed E-state index contributed by atoms with van der Waals surface area (Å²) in [6.07, 6.45) is 0. The Labute approximate surface area is 84.3 Å². The standard InChI is InChI=1S/C9H8F2O2S/c1-13-9(12)5-14-8-3-2-6(10)4-7(8)11/h2-4H,5H2,1H3. The van der Waals surface area contributed by atoms with Gasteiger partial charge in [-0.2, -0.15) is 0 Å². The number of rotatable bonds is 3. The molecule has 5 heteroatoms. The third kappa shape index (κ3) is 2.99. The predicted octanol–water partition coefficient (Wildman–Crippen LogP) is 2.23. The van der Waals surface area contributed by atoms with E-state index in [0.29, 0.717) is 0 Å². The number of esters is 1. The zero-order valence-electron chi connectivity index (χ0n) is 7.42. The SMILES string of the molecule is COC(=O)CSc1ccc(F)cc1F. The van der Waals surface area contributed by atoms with Crippen molar-refractivity contribution in [3.8, 4) is 0 Å². The van der Waals surface area contributed by atoms with Crippen LogP contribution in [0.25, 0.3) is 0 Å². The van der Waals surface area contributed by atoms with E-state index in [2.05, 4.69) is 4.74 Å². The zero-order chi connectivity index (χ0) is 10.6. The van der Waals surface area contributed by atoms with E-state index in [9.17, 15) is 13.6 Å². The number of hydrogen-bond acceptors (Lipinski definition) is 3. The number of carbonyl (C=O) groups excluding carboxylic acids is 1. The Morgan fingerprint density at radius 2 is 2.21 bits per heavy atom. The summed E-state index contributed by atoms with van der Waals surface area (Å²) in [4.78, 5) is 11.0. The van der Waals surface area contributed by atoms with Crippen molar-refractivity contribution in [3.05, 3.63) is 29.8 Å². The van der Waals surface area contributed by atoms with Gasteiger partial charge in [-0.3, -0.25) is 4.79 Å². The Bertz CT molecular complexity index is 342. The molecule has 0 amide bonds. The normalized spacial score (nSPS) is 9.93. The average Bonchev–Trinajstić information content (AvgIpc) is 2.16. The van der Waals surface area contributed by atoms with E-state index in [1.54, 1.807) is 0 Å². The fourth-order valence-corrected chi connectivity index (χ4v) is 1.54. The van der Waals surface area contributed by atoms with Gasteiger partial charge in [0.15, 0.2) is 0 Å². The van der Waals surface area contributed by atoms with Gasteiger partial charge in [-0.1, -0.05) is 0 Å². The summed E-state index contributed by atoms with van der Waals surface area (Å²) in [5, 5.41) is 0. The molecule has 76 valence electrons. The van der Waals surface area contributed by atoms with Crippen molar-refractivity contribution in [3.63, 3.8) is 0 Å². The van der Waals surface area contributed by atoms with Crippen LogP contribution in [0.15, 0.2) is 23.1 Å². The fraction of sp³-hybridized carbons (Fsp3) is 0.222. The first kappa shape index (κ1) is 11.0. The van der Waals surface area contributed by atoms with Gasteiger partial charge in [0.2, 0.25) is 0 Å². The molecule has 0 N–H and O–H groups in total. The summed E-state index contributed by atoms with van der Waals surface area (Å²) < 4.78 is 29.8. The van der Waals surface area contributed by atoms with E-state index in [-0.39, 0.29) is 10.6 Å². The van der Waals surface area contributed by atoms with E-state index in [1.165, 1.54) is 13.2 Å². The van der Waals surface area contributed by atoms with E-state index in [0.717, 1.165) is 23.9 Å². The van der Waals surface area contributed by atoms with Crippen molar-refractivity contribution in [2.45, 2.75) is 4.90 Å². The minimum Gasteiger partial charge on any atom is -0.468 e. The lowest BCUT2D eigenvalue weighted by atomic mass is 10.3. The third-order valence-electron chi connectivity index (χ3n) is 1.47. The molecule has 0 bridgehead atoms. The van der Waals surface area contributed by atoms with E-state index in [4.69, 9.17) is 0 Å². The molecule has 0 radical (unpaired) electrons. The smallest absolute Gasteiger partial charge is 0.315 e. The highest BCUT2D eigenvalue weighted by Crippen LogP contribution is 2.22. The van der Waals surface area contributed by atoms with Gasteiger partial charge in [0.25, 0.3) is 0 Å². The lowest BCUT2D eigenvalue weighted by Crippen LogP contribution is -2.03. The number of thioether (sulfide) groups is 1. The highest BCUT2D eigenvalue weighted by Gasteiger charge is 2.07. The van der Waals surface area contributed by atoms with Gasteiger partial charge in [0.05, 0.1) is 12.9 Å². The highest BCUT2D eigenvalue weighted by atomic mass is 32.2. The van der Waals surface area contributed by atoms with Gasteiger partial charge in [-0.15, -0.1) is 11.8 Å². The average molecular weight is 218 g/mol. The Morgan fingerprint density at radius 1 is 1.50 bits per heavy atom. The molecule has 0 fully saturated rings. The lowest BCUT2D eigenvalue weighted by Gasteiger charge is -2.01. The molecule has 0 unspecified atom stereocenters. The van der Waals surface area contributed by atoms with Crippen LogP contribution in [0, 0.1) is 11.6 Å². The number of hydrogen-bond donors (Lipinski definition) is 0. The Hall–Kier alpha value is -1.10. The second-order valence-electron chi connectivity index (χ2n) is 2.44. The molecule has 0 aliphatic rings. The van der Waals surface area contributed by atoms with E-state index in [1.807, 2.05) is 0 Å². The van der Waals surface area contributed by atoms with Crippen LogP contribution in [0.4, 0.5) is 8.78 Å². The quantitative estimate of drug-likeness (QED) is 0.575. The summed E-state index contributed by atoms with van der Waals surface area (Å²) in [6, 6.07) is 3.21. The van der Waals surface area contributed by atoms with Gasteiger partial charge < -0.3 is 4.74 Å². The monoisotopic (exact) mass is 218 g/mol. The van der Waals surface area contributed by atoms with Crippen LogP contribution < -0.4 is 0 Å². The second kappa shape index (κ2) is 4.95. The van der Waals surface area contributed by atoms with Crippen molar-refractivity contribution in [1.82, 2.24) is 0 Å². The van der Waals surface area contributed by atoms with Crippen molar-refractivity contribution in [1.29, 1.82) is 0 Å². The molecule has 2 nitrogen and oxygen atoms in total. The van der Waals surface area contributed by atoms with Crippen molar-refractivity contribution < 1.29 is 18.3 Å². The summed E-state index contributed by atoms with van der Waals surface area (Å²) in [6.45, 7) is 0. The molecule has 0 heterocycles. The van der Waals surface area contributed by atoms with Crippen LogP contribution in [0.3, 0.4) is 0 Å². The molecule has 0 spiro atoms. The number of carbonyl (C=O) groups is 1. The Balaban J connectivity index is 2.63. The van der Waals surface area contributed by atoms with Crippen LogP contribution in [0.2, 0.25) is 0 Å². The Kier molecular flexibility index (Phi) is 3.88. The molecule has 1 aromatic carbocycles. The number of methoxy groups -OCH3 is 1. The summed E-state index contributed by atoms with van der Waals surface area (Å²) >= 11 is 0.972. The number of ether oxygens (including phenoxy) is 1. The first-order valence-electron chi connectivity index (χ1n) is 3.78. The summed E-state index contributed by atoms with van der Waals surface area (Å²) in [7, 11) is 1.25. The topological polar surface area (TPSA) is 26.3 Å². The molecule has 0 atom stereocenters. The molecule has 0 saturated carbocycles. The van der Waals surface area contributed by atoms with Gasteiger partial charge >= 0.3 is 5.97 Å². The third-order valence-corrected chi connectivity index (χ3v) is 2.49. The van der Waals surface area contributed by atoms with Gasteiger partial charge in [0, 0.05) is 11.0 Å². The summed E-state index contributed by atoms with van der Waals surface area (Å²) in [5.41, 5.74) is 0. The maximum Gasteiger partial charge on any atom is 0.315 e. The second-order valence-corrected chi connectivity index (χ2v) is 3.46. The number of benzene rings is 1. The predicted molar refractivity (Wildman–Crippen MR) is 49.1 cm³/mol. The van der Waals surface area contributed by atoms with Crippen molar-refractivity contribution in [2.24, 2.45) is 0 Å². The largest absolute Gasteiger partial charge is 0.468 e. The zero-order valence-corrected chi connectivity index (χ0v) is 8.24. The number of halogens is 2. The van der Waals surface area contributed by atoms with Crippen LogP contribution in [-0.2, 0) is 9.53 Å². The van der Waals surface area contributed by atoms with Crippen LogP contribution >= 0.6 is 11.8 Å². The van der Waals surface area contributed by atoms with Crippen LogP contribution in [-0.4, -0.2) is 18.8 Å². The molecular formula is C9H8F2O2S. The fourth-order valence-electron chi connectivity index (χ4n) is 0.788. The Morgan fingerprint density at radius 3 is 2.79 bits per heavy atom. The maximum absolute atomic E-state index is 13.0. The van der Waals surface area contributed by atoms with Gasteiger partial charge in [-0.25, -0.2) is 8.78 Å². The van der Waals surface area contributed by atoms with E-state index >= 15 is 0 Å². The lowest BCUT2D eigenvalue weighted by molar-refractivity contribution is -0.137. The minimum absolute atomic E-state index is 0.0129. The molecular weight excluding hydrogens is 210 g/mol. The molecule has 14 heavy (non-hydrogen) atoms. The van der Waals surface area contributed by atoms with Gasteiger partial charge in [-0.05, 0) is 12.1 Å². The van der Waals surface area contributed by atoms with Crippen molar-refractivity contribution >= 4 is 17.7 Å².